The van der Waals surface area contributed by atoms with Crippen molar-refractivity contribution in [1.82, 2.24) is 4.90 Å². The maximum absolute atomic E-state index is 12.9. The fourth-order valence-corrected chi connectivity index (χ4v) is 1.92. The van der Waals surface area contributed by atoms with E-state index in [1.807, 2.05) is 0 Å². The lowest BCUT2D eigenvalue weighted by Crippen LogP contribution is -2.30. The van der Waals surface area contributed by atoms with Crippen molar-refractivity contribution >= 4 is 17.5 Å². The highest BCUT2D eigenvalue weighted by atomic mass is 19.1. The SMILES string of the molecule is CC(Oc1ccc(F)cc1)C(=O)Nc1ccc(OCC(=O)N(C)C)cc1. The summed E-state index contributed by atoms with van der Waals surface area (Å²) in [7, 11) is 3.30. The highest BCUT2D eigenvalue weighted by Crippen LogP contribution is 2.17. The van der Waals surface area contributed by atoms with Gasteiger partial charge in [-0.05, 0) is 55.5 Å². The molecule has 26 heavy (non-hydrogen) atoms. The Balaban J connectivity index is 1.86. The van der Waals surface area contributed by atoms with Gasteiger partial charge in [0.25, 0.3) is 11.8 Å². The van der Waals surface area contributed by atoms with Crippen molar-refractivity contribution in [2.24, 2.45) is 0 Å². The van der Waals surface area contributed by atoms with Crippen molar-refractivity contribution < 1.29 is 23.5 Å². The number of hydrogen-bond donors (Lipinski definition) is 1. The molecule has 1 unspecified atom stereocenters. The highest BCUT2D eigenvalue weighted by molar-refractivity contribution is 5.94. The Morgan fingerprint density at radius 1 is 1.04 bits per heavy atom. The predicted octanol–water partition coefficient (Wildman–Crippen LogP) is 2.70. The molecule has 0 saturated carbocycles. The lowest BCUT2D eigenvalue weighted by Gasteiger charge is -2.15. The van der Waals surface area contributed by atoms with Crippen LogP contribution in [0.3, 0.4) is 0 Å². The third-order valence-corrected chi connectivity index (χ3v) is 3.48. The van der Waals surface area contributed by atoms with Crippen LogP contribution in [0, 0.1) is 5.82 Å². The first-order valence-corrected chi connectivity index (χ1v) is 8.01. The van der Waals surface area contributed by atoms with Crippen molar-refractivity contribution in [1.29, 1.82) is 0 Å². The number of hydrogen-bond acceptors (Lipinski definition) is 4. The summed E-state index contributed by atoms with van der Waals surface area (Å²) >= 11 is 0. The summed E-state index contributed by atoms with van der Waals surface area (Å²) in [6, 6.07) is 12.1. The minimum absolute atomic E-state index is 0.0543. The largest absolute Gasteiger partial charge is 0.484 e. The van der Waals surface area contributed by atoms with Gasteiger partial charge < -0.3 is 19.7 Å². The molecule has 0 aliphatic heterocycles. The molecule has 0 heterocycles. The highest BCUT2D eigenvalue weighted by Gasteiger charge is 2.15. The van der Waals surface area contributed by atoms with Gasteiger partial charge in [-0.1, -0.05) is 0 Å². The second-order valence-corrected chi connectivity index (χ2v) is 5.80. The van der Waals surface area contributed by atoms with E-state index in [9.17, 15) is 14.0 Å². The summed E-state index contributed by atoms with van der Waals surface area (Å²) in [5, 5.41) is 2.71. The Kier molecular flexibility index (Phi) is 6.54. The minimum atomic E-state index is -0.755. The summed E-state index contributed by atoms with van der Waals surface area (Å²) in [6.07, 6.45) is -0.755. The molecule has 1 atom stereocenters. The molecule has 2 amide bonds. The van der Waals surface area contributed by atoms with Gasteiger partial charge in [0.2, 0.25) is 0 Å². The topological polar surface area (TPSA) is 67.9 Å². The summed E-state index contributed by atoms with van der Waals surface area (Å²) in [5.74, 6) is 0.0705. The van der Waals surface area contributed by atoms with Crippen molar-refractivity contribution in [3.05, 3.63) is 54.3 Å². The third-order valence-electron chi connectivity index (χ3n) is 3.48. The van der Waals surface area contributed by atoms with Crippen LogP contribution in [-0.2, 0) is 9.59 Å². The first kappa shape index (κ1) is 19.2. The van der Waals surface area contributed by atoms with Gasteiger partial charge in [0.1, 0.15) is 17.3 Å². The molecule has 0 radical (unpaired) electrons. The zero-order chi connectivity index (χ0) is 19.1. The molecule has 1 N–H and O–H groups in total. The Morgan fingerprint density at radius 3 is 2.19 bits per heavy atom. The number of carbonyl (C=O) groups excluding carboxylic acids is 2. The summed E-state index contributed by atoms with van der Waals surface area (Å²) in [6.45, 7) is 1.55. The van der Waals surface area contributed by atoms with Crippen molar-refractivity contribution in [3.63, 3.8) is 0 Å². The van der Waals surface area contributed by atoms with E-state index in [2.05, 4.69) is 5.32 Å². The predicted molar refractivity (Wildman–Crippen MR) is 95.8 cm³/mol. The van der Waals surface area contributed by atoms with Gasteiger partial charge in [-0.2, -0.15) is 0 Å². The van der Waals surface area contributed by atoms with Gasteiger partial charge >= 0.3 is 0 Å². The number of benzene rings is 2. The molecule has 2 rings (SSSR count). The average molecular weight is 360 g/mol. The van der Waals surface area contributed by atoms with E-state index in [0.717, 1.165) is 0 Å². The Hall–Kier alpha value is -3.09. The van der Waals surface area contributed by atoms with E-state index in [1.165, 1.54) is 29.2 Å². The number of likely N-dealkylation sites (N-methyl/N-ethyl adjacent to an activating group) is 1. The molecule has 0 saturated heterocycles. The number of rotatable bonds is 7. The van der Waals surface area contributed by atoms with E-state index in [4.69, 9.17) is 9.47 Å². The number of anilines is 1. The molecule has 0 bridgehead atoms. The number of nitrogens with zero attached hydrogens (tertiary/aromatic N) is 1. The second kappa shape index (κ2) is 8.84. The van der Waals surface area contributed by atoms with Crippen LogP contribution in [0.2, 0.25) is 0 Å². The summed E-state index contributed by atoms with van der Waals surface area (Å²) in [5.41, 5.74) is 0.566. The Labute approximate surface area is 151 Å². The molecule has 0 aliphatic rings. The fraction of sp³-hybridized carbons (Fsp3) is 0.263. The monoisotopic (exact) mass is 360 g/mol. The Bertz CT molecular complexity index is 745. The van der Waals surface area contributed by atoms with Crippen LogP contribution in [0.1, 0.15) is 6.92 Å². The van der Waals surface area contributed by atoms with E-state index in [0.29, 0.717) is 17.2 Å². The second-order valence-electron chi connectivity index (χ2n) is 5.80. The zero-order valence-electron chi connectivity index (χ0n) is 14.9. The quantitative estimate of drug-likeness (QED) is 0.824. The zero-order valence-corrected chi connectivity index (χ0v) is 14.9. The number of amides is 2. The smallest absolute Gasteiger partial charge is 0.265 e. The van der Waals surface area contributed by atoms with Gasteiger partial charge in [-0.15, -0.1) is 0 Å². The van der Waals surface area contributed by atoms with Gasteiger partial charge in [0, 0.05) is 19.8 Å². The molecule has 0 aromatic heterocycles. The lowest BCUT2D eigenvalue weighted by atomic mass is 10.2. The number of carbonyl (C=O) groups is 2. The van der Waals surface area contributed by atoms with Crippen LogP contribution in [-0.4, -0.2) is 43.5 Å². The maximum Gasteiger partial charge on any atom is 0.265 e. The van der Waals surface area contributed by atoms with Gasteiger partial charge in [0.15, 0.2) is 12.7 Å². The minimum Gasteiger partial charge on any atom is -0.484 e. The van der Waals surface area contributed by atoms with E-state index < -0.39 is 6.10 Å². The molecular formula is C19H21FN2O4. The lowest BCUT2D eigenvalue weighted by molar-refractivity contribution is -0.130. The normalized spacial score (nSPS) is 11.4. The maximum atomic E-state index is 12.9. The van der Waals surface area contributed by atoms with Crippen LogP contribution in [0.4, 0.5) is 10.1 Å². The van der Waals surface area contributed by atoms with Crippen LogP contribution >= 0.6 is 0 Å². The van der Waals surface area contributed by atoms with Crippen molar-refractivity contribution in [2.45, 2.75) is 13.0 Å². The molecule has 0 aliphatic carbocycles. The van der Waals surface area contributed by atoms with Gasteiger partial charge in [-0.25, -0.2) is 4.39 Å². The van der Waals surface area contributed by atoms with Gasteiger partial charge in [0.05, 0.1) is 0 Å². The number of ether oxygens (including phenoxy) is 2. The van der Waals surface area contributed by atoms with Gasteiger partial charge in [-0.3, -0.25) is 9.59 Å². The fourth-order valence-electron chi connectivity index (χ4n) is 1.92. The number of nitrogens with one attached hydrogen (secondary N) is 1. The molecule has 138 valence electrons. The number of halogens is 1. The summed E-state index contributed by atoms with van der Waals surface area (Å²) < 4.78 is 23.7. The average Bonchev–Trinajstić information content (AvgIpc) is 2.62. The molecule has 2 aromatic carbocycles. The molecule has 6 nitrogen and oxygen atoms in total. The van der Waals surface area contributed by atoms with E-state index >= 15 is 0 Å². The van der Waals surface area contributed by atoms with Crippen LogP contribution in [0.5, 0.6) is 11.5 Å². The Morgan fingerprint density at radius 2 is 1.62 bits per heavy atom. The van der Waals surface area contributed by atoms with Crippen LogP contribution in [0.15, 0.2) is 48.5 Å². The first-order valence-electron chi connectivity index (χ1n) is 8.01. The standard InChI is InChI=1S/C19H21FN2O4/c1-13(26-17-8-4-14(20)5-9-17)19(24)21-15-6-10-16(11-7-15)25-12-18(23)22(2)3/h4-11,13H,12H2,1-3H3,(H,21,24). The van der Waals surface area contributed by atoms with Crippen molar-refractivity contribution in [2.75, 3.05) is 26.0 Å². The molecule has 0 fully saturated rings. The summed E-state index contributed by atoms with van der Waals surface area (Å²) in [4.78, 5) is 25.1. The molecule has 2 aromatic rings. The molecular weight excluding hydrogens is 339 g/mol. The molecule has 7 heteroatoms. The van der Waals surface area contributed by atoms with Crippen molar-refractivity contribution in [3.8, 4) is 11.5 Å². The van der Waals surface area contributed by atoms with Crippen LogP contribution < -0.4 is 14.8 Å². The van der Waals surface area contributed by atoms with E-state index in [1.54, 1.807) is 45.3 Å². The molecule has 0 spiro atoms. The first-order chi connectivity index (χ1) is 12.3. The van der Waals surface area contributed by atoms with Crippen LogP contribution in [0.25, 0.3) is 0 Å². The third kappa shape index (κ3) is 5.77. The van der Waals surface area contributed by atoms with E-state index in [-0.39, 0.29) is 24.2 Å².